The smallest absolute Gasteiger partial charge is 0.227 e. The summed E-state index contributed by atoms with van der Waals surface area (Å²) >= 11 is 0. The number of piperazine rings is 1. The predicted octanol–water partition coefficient (Wildman–Crippen LogP) is 2.43. The van der Waals surface area contributed by atoms with E-state index < -0.39 is 0 Å². The number of hydrogen-bond donors (Lipinski definition) is 1. The van der Waals surface area contributed by atoms with Crippen molar-refractivity contribution in [1.29, 1.82) is 0 Å². The highest BCUT2D eigenvalue weighted by Crippen LogP contribution is 2.20. The molecule has 7 heteroatoms. The quantitative estimate of drug-likeness (QED) is 0.826. The molecule has 1 amide bonds. The van der Waals surface area contributed by atoms with Crippen molar-refractivity contribution in [3.63, 3.8) is 0 Å². The molecule has 2 aromatic rings. The summed E-state index contributed by atoms with van der Waals surface area (Å²) < 4.78 is 5.29. The molecule has 1 aromatic carbocycles. The lowest BCUT2D eigenvalue weighted by Crippen LogP contribution is -2.49. The molecule has 0 atom stereocenters. The molecule has 1 saturated heterocycles. The SMILES string of the molecule is CCNc1nc(C)cc(N2CCN(C(=O)Cc3ccc(OC)c(C)c3)CC2)n1. The van der Waals surface area contributed by atoms with Crippen LogP contribution in [0.5, 0.6) is 5.75 Å². The molecule has 0 radical (unpaired) electrons. The summed E-state index contributed by atoms with van der Waals surface area (Å²) in [6.45, 7) is 9.74. The number of rotatable bonds is 6. The van der Waals surface area contributed by atoms with Gasteiger partial charge in [-0.2, -0.15) is 4.98 Å². The average Bonchev–Trinajstić information content (AvgIpc) is 2.68. The fraction of sp³-hybridized carbons (Fsp3) is 0.476. The summed E-state index contributed by atoms with van der Waals surface area (Å²) in [6, 6.07) is 7.92. The maximum Gasteiger partial charge on any atom is 0.227 e. The number of nitrogens with zero attached hydrogens (tertiary/aromatic N) is 4. The second-order valence-corrected chi connectivity index (χ2v) is 7.07. The highest BCUT2D eigenvalue weighted by molar-refractivity contribution is 5.79. The Hall–Kier alpha value is -2.83. The van der Waals surface area contributed by atoms with Crippen LogP contribution < -0.4 is 15.0 Å². The number of ether oxygens (including phenoxy) is 1. The maximum absolute atomic E-state index is 12.7. The first kappa shape index (κ1) is 19.9. The average molecular weight is 383 g/mol. The van der Waals surface area contributed by atoms with Crippen molar-refractivity contribution < 1.29 is 9.53 Å². The van der Waals surface area contributed by atoms with Crippen LogP contribution in [0.25, 0.3) is 0 Å². The van der Waals surface area contributed by atoms with Crippen LogP contribution in [0, 0.1) is 13.8 Å². The van der Waals surface area contributed by atoms with E-state index in [9.17, 15) is 4.79 Å². The molecule has 1 aliphatic heterocycles. The van der Waals surface area contributed by atoms with Crippen LogP contribution in [0.3, 0.4) is 0 Å². The molecule has 0 unspecified atom stereocenters. The Bertz CT molecular complexity index is 832. The third-order valence-corrected chi connectivity index (χ3v) is 4.95. The first-order valence-corrected chi connectivity index (χ1v) is 9.76. The fourth-order valence-corrected chi connectivity index (χ4v) is 3.47. The molecular formula is C21H29N5O2. The molecule has 28 heavy (non-hydrogen) atoms. The number of amides is 1. The van der Waals surface area contributed by atoms with Crippen LogP contribution in [0.4, 0.5) is 11.8 Å². The van der Waals surface area contributed by atoms with Crippen molar-refractivity contribution in [3.05, 3.63) is 41.1 Å². The van der Waals surface area contributed by atoms with Gasteiger partial charge in [0.05, 0.1) is 13.5 Å². The van der Waals surface area contributed by atoms with Crippen molar-refractivity contribution in [2.24, 2.45) is 0 Å². The van der Waals surface area contributed by atoms with Crippen molar-refractivity contribution >= 4 is 17.7 Å². The van der Waals surface area contributed by atoms with E-state index in [-0.39, 0.29) is 5.91 Å². The molecule has 7 nitrogen and oxygen atoms in total. The molecule has 2 heterocycles. The van der Waals surface area contributed by atoms with Crippen molar-refractivity contribution in [1.82, 2.24) is 14.9 Å². The van der Waals surface area contributed by atoms with Gasteiger partial charge in [0.15, 0.2) is 0 Å². The molecule has 1 N–H and O–H groups in total. The zero-order valence-corrected chi connectivity index (χ0v) is 17.2. The van der Waals surface area contributed by atoms with Gasteiger partial charge < -0.3 is 19.9 Å². The summed E-state index contributed by atoms with van der Waals surface area (Å²) in [5.74, 6) is 2.59. The Morgan fingerprint density at radius 3 is 2.54 bits per heavy atom. The highest BCUT2D eigenvalue weighted by Gasteiger charge is 2.22. The van der Waals surface area contributed by atoms with Gasteiger partial charge in [-0.25, -0.2) is 4.98 Å². The van der Waals surface area contributed by atoms with Gasteiger partial charge in [0.25, 0.3) is 0 Å². The number of carbonyl (C=O) groups is 1. The Morgan fingerprint density at radius 2 is 1.89 bits per heavy atom. The minimum absolute atomic E-state index is 0.163. The number of benzene rings is 1. The molecule has 0 spiro atoms. The van der Waals surface area contributed by atoms with Crippen LogP contribution in [0.15, 0.2) is 24.3 Å². The summed E-state index contributed by atoms with van der Waals surface area (Å²) in [4.78, 5) is 25.9. The van der Waals surface area contributed by atoms with Gasteiger partial charge in [0.2, 0.25) is 11.9 Å². The van der Waals surface area contributed by atoms with Crippen LogP contribution in [-0.2, 0) is 11.2 Å². The van der Waals surface area contributed by atoms with Crippen molar-refractivity contribution in [2.75, 3.05) is 50.1 Å². The molecule has 0 aliphatic carbocycles. The standard InChI is InChI=1S/C21H29N5O2/c1-5-22-21-23-16(3)13-19(24-21)25-8-10-26(11-9-25)20(27)14-17-6-7-18(28-4)15(2)12-17/h6-7,12-13H,5,8-11,14H2,1-4H3,(H,22,23,24). The number of carbonyl (C=O) groups excluding carboxylic acids is 1. The largest absolute Gasteiger partial charge is 0.496 e. The predicted molar refractivity (Wildman–Crippen MR) is 111 cm³/mol. The monoisotopic (exact) mass is 383 g/mol. The van der Waals surface area contributed by atoms with E-state index in [1.807, 2.05) is 49.9 Å². The van der Waals surface area contributed by atoms with Crippen LogP contribution in [0.2, 0.25) is 0 Å². The molecule has 1 fully saturated rings. The maximum atomic E-state index is 12.7. The first-order valence-electron chi connectivity index (χ1n) is 9.76. The van der Waals surface area contributed by atoms with Gasteiger partial charge in [0, 0.05) is 44.5 Å². The van der Waals surface area contributed by atoms with E-state index in [0.29, 0.717) is 25.5 Å². The molecular weight excluding hydrogens is 354 g/mol. The third kappa shape index (κ3) is 4.71. The van der Waals surface area contributed by atoms with E-state index in [1.54, 1.807) is 7.11 Å². The highest BCUT2D eigenvalue weighted by atomic mass is 16.5. The lowest BCUT2D eigenvalue weighted by Gasteiger charge is -2.35. The summed E-state index contributed by atoms with van der Waals surface area (Å²) in [5, 5.41) is 3.17. The molecule has 0 saturated carbocycles. The Morgan fingerprint density at radius 1 is 1.14 bits per heavy atom. The van der Waals surface area contributed by atoms with Crippen LogP contribution in [0.1, 0.15) is 23.7 Å². The first-order chi connectivity index (χ1) is 13.5. The zero-order valence-electron chi connectivity index (χ0n) is 17.2. The van der Waals surface area contributed by atoms with E-state index in [0.717, 1.165) is 48.0 Å². The Balaban J connectivity index is 1.59. The van der Waals surface area contributed by atoms with Gasteiger partial charge in [-0.15, -0.1) is 0 Å². The molecule has 3 rings (SSSR count). The summed E-state index contributed by atoms with van der Waals surface area (Å²) in [6.07, 6.45) is 0.419. The number of methoxy groups -OCH3 is 1. The normalized spacial score (nSPS) is 14.1. The van der Waals surface area contributed by atoms with Gasteiger partial charge >= 0.3 is 0 Å². The van der Waals surface area contributed by atoms with Crippen molar-refractivity contribution in [3.8, 4) is 5.75 Å². The zero-order chi connectivity index (χ0) is 20.1. The Kier molecular flexibility index (Phi) is 6.34. The number of anilines is 2. The minimum Gasteiger partial charge on any atom is -0.496 e. The molecule has 0 bridgehead atoms. The van der Waals surface area contributed by atoms with E-state index >= 15 is 0 Å². The van der Waals surface area contributed by atoms with Gasteiger partial charge in [-0.1, -0.05) is 12.1 Å². The number of hydrogen-bond acceptors (Lipinski definition) is 6. The second-order valence-electron chi connectivity index (χ2n) is 7.07. The molecule has 1 aromatic heterocycles. The lowest BCUT2D eigenvalue weighted by atomic mass is 10.1. The van der Waals surface area contributed by atoms with Gasteiger partial charge in [-0.3, -0.25) is 4.79 Å². The van der Waals surface area contributed by atoms with Crippen molar-refractivity contribution in [2.45, 2.75) is 27.2 Å². The Labute approximate surface area is 166 Å². The fourth-order valence-electron chi connectivity index (χ4n) is 3.47. The summed E-state index contributed by atoms with van der Waals surface area (Å²) in [5.41, 5.74) is 3.01. The lowest BCUT2D eigenvalue weighted by molar-refractivity contribution is -0.130. The van der Waals surface area contributed by atoms with Crippen LogP contribution >= 0.6 is 0 Å². The second kappa shape index (κ2) is 8.91. The van der Waals surface area contributed by atoms with Gasteiger partial charge in [0.1, 0.15) is 11.6 Å². The van der Waals surface area contributed by atoms with Gasteiger partial charge in [-0.05, 0) is 38.0 Å². The molecule has 150 valence electrons. The minimum atomic E-state index is 0.163. The van der Waals surface area contributed by atoms with E-state index in [1.165, 1.54) is 0 Å². The number of aromatic nitrogens is 2. The van der Waals surface area contributed by atoms with E-state index in [2.05, 4.69) is 20.2 Å². The number of nitrogens with one attached hydrogen (secondary N) is 1. The van der Waals surface area contributed by atoms with Crippen LogP contribution in [-0.4, -0.2) is 60.6 Å². The topological polar surface area (TPSA) is 70.6 Å². The summed E-state index contributed by atoms with van der Waals surface area (Å²) in [7, 11) is 1.66. The number of aryl methyl sites for hydroxylation is 2. The third-order valence-electron chi connectivity index (χ3n) is 4.95. The van der Waals surface area contributed by atoms with E-state index in [4.69, 9.17) is 4.74 Å². The molecule has 1 aliphatic rings.